The molecule has 12 heteroatoms. The maximum atomic E-state index is 11.8. The zero-order chi connectivity index (χ0) is 21.2. The molecular formula is C16H27NO11. The number of aliphatic hydroxyl groups is 5. The van der Waals surface area contributed by atoms with Crippen molar-refractivity contribution in [2.24, 2.45) is 0 Å². The van der Waals surface area contributed by atoms with E-state index in [1.165, 1.54) is 0 Å². The third-order valence-electron chi connectivity index (χ3n) is 4.90. The van der Waals surface area contributed by atoms with Gasteiger partial charge in [0.25, 0.3) is 0 Å². The quantitative estimate of drug-likeness (QED) is 0.228. The zero-order valence-electron chi connectivity index (χ0n) is 15.4. The third-order valence-corrected chi connectivity index (χ3v) is 4.90. The van der Waals surface area contributed by atoms with Crippen molar-refractivity contribution < 1.29 is 54.4 Å². The van der Waals surface area contributed by atoms with Gasteiger partial charge in [0, 0.05) is 6.42 Å². The maximum Gasteiger partial charge on any atom is 0.335 e. The molecule has 0 aromatic rings. The Bertz CT molecular complexity index is 561. The fraction of sp³-hybridized carbons (Fsp3) is 0.875. The first-order valence-corrected chi connectivity index (χ1v) is 8.94. The molecule has 2 heterocycles. The molecule has 1 amide bonds. The molecule has 2 aliphatic heterocycles. The van der Waals surface area contributed by atoms with Crippen molar-refractivity contribution in [2.45, 2.75) is 81.4 Å². The van der Waals surface area contributed by atoms with Crippen LogP contribution < -0.4 is 5.32 Å². The number of rotatable bonds is 6. The number of carbonyl (C=O) groups excluding carboxylic acids is 1. The topological polar surface area (TPSA) is 195 Å². The van der Waals surface area contributed by atoms with Crippen molar-refractivity contribution in [2.75, 3.05) is 6.61 Å². The van der Waals surface area contributed by atoms with Crippen LogP contribution in [0.1, 0.15) is 20.3 Å². The summed E-state index contributed by atoms with van der Waals surface area (Å²) >= 11 is 0. The Hall–Kier alpha value is -1.38. The smallest absolute Gasteiger partial charge is 0.335 e. The first kappa shape index (κ1) is 22.9. The molecular weight excluding hydrogens is 382 g/mol. The number of carboxylic acid groups (broad SMARTS) is 1. The summed E-state index contributed by atoms with van der Waals surface area (Å²) in [6.07, 6.45) is -13.6. The van der Waals surface area contributed by atoms with Crippen LogP contribution in [0.3, 0.4) is 0 Å². The van der Waals surface area contributed by atoms with E-state index in [-0.39, 0.29) is 12.3 Å². The summed E-state index contributed by atoms with van der Waals surface area (Å²) in [7, 11) is 0. The van der Waals surface area contributed by atoms with Gasteiger partial charge in [-0.2, -0.15) is 0 Å². The lowest BCUT2D eigenvalue weighted by molar-refractivity contribution is -0.325. The molecule has 162 valence electrons. The van der Waals surface area contributed by atoms with Crippen LogP contribution in [0.4, 0.5) is 0 Å². The van der Waals surface area contributed by atoms with Crippen molar-refractivity contribution in [3.63, 3.8) is 0 Å². The van der Waals surface area contributed by atoms with E-state index in [1.807, 2.05) is 0 Å². The Morgan fingerprint density at radius 1 is 1.04 bits per heavy atom. The van der Waals surface area contributed by atoms with Crippen molar-refractivity contribution in [1.29, 1.82) is 0 Å². The van der Waals surface area contributed by atoms with Gasteiger partial charge in [0.15, 0.2) is 12.4 Å². The fourth-order valence-corrected chi connectivity index (χ4v) is 3.25. The van der Waals surface area contributed by atoms with Crippen LogP contribution in [0, 0.1) is 0 Å². The van der Waals surface area contributed by atoms with Crippen LogP contribution >= 0.6 is 0 Å². The summed E-state index contributed by atoms with van der Waals surface area (Å²) < 4.78 is 16.1. The highest BCUT2D eigenvalue weighted by molar-refractivity contribution is 5.76. The van der Waals surface area contributed by atoms with Crippen LogP contribution in [0.15, 0.2) is 0 Å². The molecule has 12 nitrogen and oxygen atoms in total. The number of hydrogen-bond donors (Lipinski definition) is 7. The molecule has 0 bridgehead atoms. The Morgan fingerprint density at radius 2 is 1.68 bits per heavy atom. The van der Waals surface area contributed by atoms with Crippen LogP contribution in [0.2, 0.25) is 0 Å². The van der Waals surface area contributed by atoms with Gasteiger partial charge >= 0.3 is 5.97 Å². The minimum atomic E-state index is -1.90. The molecule has 28 heavy (non-hydrogen) atoms. The van der Waals surface area contributed by atoms with E-state index in [0.29, 0.717) is 0 Å². The molecule has 0 aromatic carbocycles. The van der Waals surface area contributed by atoms with E-state index < -0.39 is 73.7 Å². The highest BCUT2D eigenvalue weighted by Crippen LogP contribution is 2.29. The lowest BCUT2D eigenvalue weighted by atomic mass is 9.92. The average Bonchev–Trinajstić information content (AvgIpc) is 2.66. The van der Waals surface area contributed by atoms with Gasteiger partial charge in [-0.25, -0.2) is 4.79 Å². The Kier molecular flexibility index (Phi) is 7.70. The fourth-order valence-electron chi connectivity index (χ4n) is 3.25. The number of ether oxygens (including phenoxy) is 3. The van der Waals surface area contributed by atoms with Gasteiger partial charge in [0.1, 0.15) is 36.6 Å². The highest BCUT2D eigenvalue weighted by Gasteiger charge is 2.51. The van der Waals surface area contributed by atoms with Gasteiger partial charge in [0.2, 0.25) is 5.91 Å². The molecule has 0 radical (unpaired) electrons. The predicted molar refractivity (Wildman–Crippen MR) is 88.8 cm³/mol. The molecule has 0 spiro atoms. The maximum absolute atomic E-state index is 11.8. The van der Waals surface area contributed by atoms with Crippen LogP contribution in [-0.4, -0.2) is 110 Å². The molecule has 2 rings (SSSR count). The average molecular weight is 409 g/mol. The molecule has 0 aromatic heterocycles. The summed E-state index contributed by atoms with van der Waals surface area (Å²) in [5.41, 5.74) is 0. The Morgan fingerprint density at radius 3 is 2.21 bits per heavy atom. The second kappa shape index (κ2) is 9.41. The van der Waals surface area contributed by atoms with Gasteiger partial charge in [-0.3, -0.25) is 4.79 Å². The molecule has 2 fully saturated rings. The van der Waals surface area contributed by atoms with Crippen LogP contribution in [-0.2, 0) is 23.8 Å². The predicted octanol–water partition coefficient (Wildman–Crippen LogP) is -3.70. The first-order chi connectivity index (χ1) is 13.1. The minimum absolute atomic E-state index is 0.129. The number of carboxylic acids is 1. The monoisotopic (exact) mass is 409 g/mol. The van der Waals surface area contributed by atoms with E-state index in [1.54, 1.807) is 13.8 Å². The molecule has 7 N–H and O–H groups in total. The van der Waals surface area contributed by atoms with Crippen molar-refractivity contribution in [3.8, 4) is 0 Å². The van der Waals surface area contributed by atoms with Gasteiger partial charge in [-0.1, -0.05) is 6.92 Å². The summed E-state index contributed by atoms with van der Waals surface area (Å²) in [4.78, 5) is 23.1. The Balaban J connectivity index is 2.26. The lowest BCUT2D eigenvalue weighted by Crippen LogP contribution is -2.67. The molecule has 9 unspecified atom stereocenters. The number of carbonyl (C=O) groups is 2. The highest BCUT2D eigenvalue weighted by atomic mass is 16.7. The SMILES string of the molecule is CCC(=O)NC1C(OC2OC(C(=O)O)C(O)C(O)C2O)C(O)C(CO)O[C@@H]1C. The Labute approximate surface area is 160 Å². The third kappa shape index (κ3) is 4.60. The lowest BCUT2D eigenvalue weighted by Gasteiger charge is -2.46. The second-order valence-corrected chi connectivity index (χ2v) is 6.84. The minimum Gasteiger partial charge on any atom is -0.479 e. The van der Waals surface area contributed by atoms with Crippen molar-refractivity contribution in [3.05, 3.63) is 0 Å². The largest absolute Gasteiger partial charge is 0.479 e. The van der Waals surface area contributed by atoms with E-state index >= 15 is 0 Å². The normalized spacial score (nSPS) is 44.1. The van der Waals surface area contributed by atoms with Crippen LogP contribution in [0.5, 0.6) is 0 Å². The summed E-state index contributed by atoms with van der Waals surface area (Å²) in [5.74, 6) is -1.97. The van der Waals surface area contributed by atoms with Crippen molar-refractivity contribution in [1.82, 2.24) is 5.32 Å². The second-order valence-electron chi connectivity index (χ2n) is 6.84. The van der Waals surface area contributed by atoms with E-state index in [0.717, 1.165) is 0 Å². The summed E-state index contributed by atoms with van der Waals surface area (Å²) in [6.45, 7) is 2.62. The van der Waals surface area contributed by atoms with Crippen molar-refractivity contribution >= 4 is 11.9 Å². The molecule has 0 saturated carbocycles. The number of hydrogen-bond acceptors (Lipinski definition) is 10. The zero-order valence-corrected chi connectivity index (χ0v) is 15.4. The van der Waals surface area contributed by atoms with Crippen LogP contribution in [0.25, 0.3) is 0 Å². The van der Waals surface area contributed by atoms with Gasteiger partial charge in [0.05, 0.1) is 18.8 Å². The summed E-state index contributed by atoms with van der Waals surface area (Å²) in [5, 5.41) is 61.4. The molecule has 10 atom stereocenters. The molecule has 2 aliphatic rings. The number of amides is 1. The van der Waals surface area contributed by atoms with Gasteiger partial charge in [-0.05, 0) is 6.92 Å². The standard InChI is InChI=1S/C16H27NO11/c1-3-7(19)17-8-5(2)26-6(4-18)9(20)13(8)27-16-12(23)10(21)11(22)14(28-16)15(24)25/h5-6,8-14,16,18,20-23H,3-4H2,1-2H3,(H,17,19)(H,24,25)/t5-,6?,8?,9?,10?,11?,12?,13?,14?,16?/m1/s1. The number of nitrogens with one attached hydrogen (secondary N) is 1. The van der Waals surface area contributed by atoms with E-state index in [4.69, 9.17) is 19.3 Å². The molecule has 2 saturated heterocycles. The summed E-state index contributed by atoms with van der Waals surface area (Å²) in [6, 6.07) is -0.923. The number of aliphatic carboxylic acids is 1. The van der Waals surface area contributed by atoms with E-state index in [2.05, 4.69) is 5.32 Å². The van der Waals surface area contributed by atoms with E-state index in [9.17, 15) is 35.1 Å². The van der Waals surface area contributed by atoms with Gasteiger partial charge in [-0.15, -0.1) is 0 Å². The molecule has 0 aliphatic carbocycles. The number of aliphatic hydroxyl groups excluding tert-OH is 5. The first-order valence-electron chi connectivity index (χ1n) is 8.94. The van der Waals surface area contributed by atoms with Gasteiger partial charge < -0.3 is 50.2 Å².